The second-order valence-electron chi connectivity index (χ2n) is 7.49. The highest BCUT2D eigenvalue weighted by molar-refractivity contribution is 6.01. The predicted molar refractivity (Wildman–Crippen MR) is 121 cm³/mol. The molecule has 5 nitrogen and oxygen atoms in total. The van der Waals surface area contributed by atoms with Gasteiger partial charge in [0.15, 0.2) is 11.5 Å². The Kier molecular flexibility index (Phi) is 5.15. The van der Waals surface area contributed by atoms with Gasteiger partial charge in [0, 0.05) is 18.5 Å². The Hall–Kier alpha value is -3.99. The van der Waals surface area contributed by atoms with Crippen LogP contribution in [0.25, 0.3) is 10.8 Å². The van der Waals surface area contributed by atoms with Gasteiger partial charge >= 0.3 is 6.03 Å². The lowest BCUT2D eigenvalue weighted by atomic mass is 10.1. The topological polar surface area (TPSA) is 50.8 Å². The van der Waals surface area contributed by atoms with Crippen LogP contribution < -0.4 is 14.8 Å². The third-order valence-electron chi connectivity index (χ3n) is 5.35. The number of fused-ring (bicyclic) bond motifs is 2. The number of urea groups is 1. The van der Waals surface area contributed by atoms with Gasteiger partial charge in [-0.3, -0.25) is 0 Å². The van der Waals surface area contributed by atoms with Crippen molar-refractivity contribution in [3.8, 4) is 11.5 Å². The van der Waals surface area contributed by atoms with Gasteiger partial charge in [0.1, 0.15) is 0 Å². The molecule has 154 valence electrons. The Labute approximate surface area is 180 Å². The summed E-state index contributed by atoms with van der Waals surface area (Å²) in [4.78, 5) is 15.2. The normalized spacial score (nSPS) is 12.0. The van der Waals surface area contributed by atoms with Crippen molar-refractivity contribution in [3.63, 3.8) is 0 Å². The summed E-state index contributed by atoms with van der Waals surface area (Å²) >= 11 is 0. The molecule has 0 bridgehead atoms. The highest BCUT2D eigenvalue weighted by Crippen LogP contribution is 2.33. The summed E-state index contributed by atoms with van der Waals surface area (Å²) in [6.45, 7) is 1.17. The molecule has 0 saturated heterocycles. The van der Waals surface area contributed by atoms with E-state index in [0.717, 1.165) is 33.3 Å². The van der Waals surface area contributed by atoms with Crippen LogP contribution in [0.4, 0.5) is 10.5 Å². The molecule has 4 aromatic rings. The molecule has 0 atom stereocenters. The number of hydrogen-bond donors (Lipinski definition) is 1. The minimum absolute atomic E-state index is 0.155. The number of carbonyl (C=O) groups excluding carboxylic acids is 1. The largest absolute Gasteiger partial charge is 0.454 e. The maximum absolute atomic E-state index is 13.4. The third kappa shape index (κ3) is 4.16. The molecular formula is C26H22N2O3. The Morgan fingerprint density at radius 2 is 1.52 bits per heavy atom. The Morgan fingerprint density at radius 1 is 0.774 bits per heavy atom. The molecule has 0 fully saturated rings. The highest BCUT2D eigenvalue weighted by atomic mass is 16.7. The second-order valence-corrected chi connectivity index (χ2v) is 7.49. The molecule has 4 aromatic carbocycles. The Morgan fingerprint density at radius 3 is 2.42 bits per heavy atom. The van der Waals surface area contributed by atoms with E-state index in [2.05, 4.69) is 5.32 Å². The van der Waals surface area contributed by atoms with Crippen molar-refractivity contribution in [2.45, 2.75) is 13.1 Å². The fraction of sp³-hybridized carbons (Fsp3) is 0.115. The molecule has 5 heteroatoms. The molecule has 1 heterocycles. The van der Waals surface area contributed by atoms with Crippen LogP contribution in [0.15, 0.2) is 91.0 Å². The van der Waals surface area contributed by atoms with Crippen LogP contribution >= 0.6 is 0 Å². The number of hydrogen-bond acceptors (Lipinski definition) is 3. The first-order valence-electron chi connectivity index (χ1n) is 10.2. The zero-order valence-corrected chi connectivity index (χ0v) is 17.0. The minimum Gasteiger partial charge on any atom is -0.454 e. The Balaban J connectivity index is 1.42. The number of amides is 2. The third-order valence-corrected chi connectivity index (χ3v) is 5.35. The fourth-order valence-electron chi connectivity index (χ4n) is 3.79. The lowest BCUT2D eigenvalue weighted by Crippen LogP contribution is -2.34. The van der Waals surface area contributed by atoms with Crippen molar-refractivity contribution in [2.24, 2.45) is 0 Å². The van der Waals surface area contributed by atoms with Gasteiger partial charge in [0.25, 0.3) is 0 Å². The number of anilines is 1. The molecule has 0 saturated carbocycles. The number of ether oxygens (including phenoxy) is 2. The van der Waals surface area contributed by atoms with E-state index in [4.69, 9.17) is 9.47 Å². The first-order valence-corrected chi connectivity index (χ1v) is 10.2. The quantitative estimate of drug-likeness (QED) is 0.452. The monoisotopic (exact) mass is 410 g/mol. The molecule has 2 amide bonds. The molecule has 0 aromatic heterocycles. The van der Waals surface area contributed by atoms with Crippen LogP contribution in [0.5, 0.6) is 11.5 Å². The molecule has 1 N–H and O–H groups in total. The first kappa shape index (κ1) is 19.0. The SMILES string of the molecule is O=C(Nc1cccc2ccccc12)N(Cc1ccccc1)Cc1ccc2c(c1)OCO2. The van der Waals surface area contributed by atoms with Gasteiger partial charge in [0.05, 0.1) is 5.69 Å². The van der Waals surface area contributed by atoms with Crippen molar-refractivity contribution in [1.82, 2.24) is 4.90 Å². The molecule has 0 aliphatic carbocycles. The molecule has 0 unspecified atom stereocenters. The van der Waals surface area contributed by atoms with E-state index in [1.165, 1.54) is 0 Å². The molecule has 0 spiro atoms. The van der Waals surface area contributed by atoms with Crippen LogP contribution in [-0.4, -0.2) is 17.7 Å². The lowest BCUT2D eigenvalue weighted by Gasteiger charge is -2.24. The average molecular weight is 410 g/mol. The van der Waals surface area contributed by atoms with Crippen LogP contribution in [0.1, 0.15) is 11.1 Å². The standard InChI is InChI=1S/C26H22N2O3/c29-26(27-23-12-6-10-21-9-4-5-11-22(21)23)28(16-19-7-2-1-3-8-19)17-20-13-14-24-25(15-20)31-18-30-24/h1-15H,16-18H2,(H,27,29). The number of rotatable bonds is 5. The van der Waals surface area contributed by atoms with Crippen LogP contribution in [-0.2, 0) is 13.1 Å². The van der Waals surface area contributed by atoms with E-state index in [1.807, 2.05) is 91.0 Å². The van der Waals surface area contributed by atoms with Gasteiger partial charge in [-0.1, -0.05) is 72.8 Å². The lowest BCUT2D eigenvalue weighted by molar-refractivity contribution is 0.174. The molecule has 0 radical (unpaired) electrons. The van der Waals surface area contributed by atoms with Gasteiger partial charge in [0.2, 0.25) is 6.79 Å². The zero-order valence-electron chi connectivity index (χ0n) is 17.0. The van der Waals surface area contributed by atoms with E-state index in [1.54, 1.807) is 4.90 Å². The first-order chi connectivity index (χ1) is 15.3. The van der Waals surface area contributed by atoms with Crippen LogP contribution in [0.2, 0.25) is 0 Å². The van der Waals surface area contributed by atoms with Gasteiger partial charge in [-0.15, -0.1) is 0 Å². The number of carbonyl (C=O) groups is 1. The second kappa shape index (κ2) is 8.40. The zero-order chi connectivity index (χ0) is 21.0. The van der Waals surface area contributed by atoms with E-state index in [-0.39, 0.29) is 12.8 Å². The van der Waals surface area contributed by atoms with E-state index in [0.29, 0.717) is 18.8 Å². The van der Waals surface area contributed by atoms with Crippen molar-refractivity contribution in [2.75, 3.05) is 12.1 Å². The maximum Gasteiger partial charge on any atom is 0.322 e. The number of benzene rings is 4. The summed E-state index contributed by atoms with van der Waals surface area (Å²) in [6.07, 6.45) is 0. The summed E-state index contributed by atoms with van der Waals surface area (Å²) in [6, 6.07) is 29.6. The van der Waals surface area contributed by atoms with Gasteiger partial charge in [-0.05, 0) is 34.7 Å². The van der Waals surface area contributed by atoms with Crippen molar-refractivity contribution in [1.29, 1.82) is 0 Å². The van der Waals surface area contributed by atoms with E-state index >= 15 is 0 Å². The smallest absolute Gasteiger partial charge is 0.322 e. The van der Waals surface area contributed by atoms with E-state index < -0.39 is 0 Å². The minimum atomic E-state index is -0.155. The fourth-order valence-corrected chi connectivity index (χ4v) is 3.79. The van der Waals surface area contributed by atoms with Gasteiger partial charge < -0.3 is 19.7 Å². The number of nitrogens with one attached hydrogen (secondary N) is 1. The van der Waals surface area contributed by atoms with Crippen molar-refractivity contribution in [3.05, 3.63) is 102 Å². The molecule has 5 rings (SSSR count). The molecule has 31 heavy (non-hydrogen) atoms. The summed E-state index contributed by atoms with van der Waals surface area (Å²) in [5.74, 6) is 1.45. The van der Waals surface area contributed by atoms with Crippen LogP contribution in [0, 0.1) is 0 Å². The predicted octanol–water partition coefficient (Wildman–Crippen LogP) is 5.80. The summed E-state index contributed by atoms with van der Waals surface area (Å²) in [7, 11) is 0. The van der Waals surface area contributed by atoms with Gasteiger partial charge in [-0.2, -0.15) is 0 Å². The number of nitrogens with zero attached hydrogens (tertiary/aromatic N) is 1. The maximum atomic E-state index is 13.4. The summed E-state index contributed by atoms with van der Waals surface area (Å²) in [5.41, 5.74) is 2.84. The summed E-state index contributed by atoms with van der Waals surface area (Å²) in [5, 5.41) is 5.21. The molecule has 1 aliphatic rings. The highest BCUT2D eigenvalue weighted by Gasteiger charge is 2.19. The van der Waals surface area contributed by atoms with Crippen molar-refractivity contribution >= 4 is 22.5 Å². The van der Waals surface area contributed by atoms with Gasteiger partial charge in [-0.25, -0.2) is 4.79 Å². The van der Waals surface area contributed by atoms with Crippen LogP contribution in [0.3, 0.4) is 0 Å². The molecule has 1 aliphatic heterocycles. The molecular weight excluding hydrogens is 388 g/mol. The summed E-state index contributed by atoms with van der Waals surface area (Å²) < 4.78 is 10.9. The van der Waals surface area contributed by atoms with E-state index in [9.17, 15) is 4.79 Å². The average Bonchev–Trinajstić information content (AvgIpc) is 3.27. The van der Waals surface area contributed by atoms with Crippen molar-refractivity contribution < 1.29 is 14.3 Å². The Bertz CT molecular complexity index is 1220.